The van der Waals surface area contributed by atoms with Crippen LogP contribution >= 0.6 is 0 Å². The average molecular weight is 463 g/mol. The number of nitrogens with zero attached hydrogens (tertiary/aromatic N) is 2. The number of rotatable bonds is 4. The van der Waals surface area contributed by atoms with Gasteiger partial charge in [-0.1, -0.05) is 103 Å². The molecule has 3 aromatic rings. The first-order valence-electron chi connectivity index (χ1n) is 11.6. The van der Waals surface area contributed by atoms with Gasteiger partial charge in [0.2, 0.25) is 6.17 Å². The molecule has 0 spiro atoms. The van der Waals surface area contributed by atoms with Gasteiger partial charge >= 0.3 is 6.03 Å². The summed E-state index contributed by atoms with van der Waals surface area (Å²) in [6.07, 6.45) is 6.91. The lowest BCUT2D eigenvalue weighted by Crippen LogP contribution is -2.49. The van der Waals surface area contributed by atoms with E-state index in [-0.39, 0.29) is 17.9 Å². The van der Waals surface area contributed by atoms with E-state index in [2.05, 4.69) is 16.7 Å². The SMILES string of the molecule is CN1C(=O)C(NC(=O)Nc2ccccc2-c2ccccc2)N=C(c2ccccc2)C2C=CC=CC21. The topological polar surface area (TPSA) is 73.8 Å². The van der Waals surface area contributed by atoms with Gasteiger partial charge in [-0.3, -0.25) is 9.79 Å². The third-order valence-electron chi connectivity index (χ3n) is 6.32. The molecule has 2 N–H and O–H groups in total. The number of allylic oxidation sites excluding steroid dienone is 2. The maximum absolute atomic E-state index is 13.4. The molecule has 6 heteroatoms. The number of carbonyl (C=O) groups excluding carboxylic acids is 2. The fourth-order valence-electron chi connectivity index (χ4n) is 4.55. The molecule has 0 bridgehead atoms. The second kappa shape index (κ2) is 9.81. The number of anilines is 1. The summed E-state index contributed by atoms with van der Waals surface area (Å²) in [7, 11) is 1.75. The van der Waals surface area contributed by atoms with E-state index in [9.17, 15) is 9.59 Å². The van der Waals surface area contributed by atoms with E-state index in [0.29, 0.717) is 5.69 Å². The molecule has 3 atom stereocenters. The molecule has 2 aliphatic rings. The summed E-state index contributed by atoms with van der Waals surface area (Å²) in [4.78, 5) is 32.9. The highest BCUT2D eigenvalue weighted by Crippen LogP contribution is 2.29. The van der Waals surface area contributed by atoms with E-state index < -0.39 is 12.2 Å². The predicted octanol–water partition coefficient (Wildman–Crippen LogP) is 4.87. The Labute approximate surface area is 204 Å². The number of benzene rings is 3. The van der Waals surface area contributed by atoms with E-state index in [4.69, 9.17) is 4.99 Å². The van der Waals surface area contributed by atoms with Crippen molar-refractivity contribution < 1.29 is 9.59 Å². The second-order valence-corrected chi connectivity index (χ2v) is 8.53. The minimum absolute atomic E-state index is 0.106. The second-order valence-electron chi connectivity index (χ2n) is 8.53. The maximum Gasteiger partial charge on any atom is 0.321 e. The van der Waals surface area contributed by atoms with Crippen molar-refractivity contribution in [3.63, 3.8) is 0 Å². The Kier molecular flexibility index (Phi) is 6.26. The Morgan fingerprint density at radius 2 is 1.46 bits per heavy atom. The van der Waals surface area contributed by atoms with Gasteiger partial charge in [-0.15, -0.1) is 0 Å². The Balaban J connectivity index is 1.44. The van der Waals surface area contributed by atoms with Crippen LogP contribution in [0, 0.1) is 5.92 Å². The third kappa shape index (κ3) is 4.64. The number of amides is 3. The van der Waals surface area contributed by atoms with Crippen LogP contribution in [0.25, 0.3) is 11.1 Å². The first kappa shape index (κ1) is 22.3. The molecule has 0 aromatic heterocycles. The van der Waals surface area contributed by atoms with Gasteiger partial charge < -0.3 is 15.5 Å². The predicted molar refractivity (Wildman–Crippen MR) is 139 cm³/mol. The van der Waals surface area contributed by atoms with E-state index in [1.807, 2.05) is 103 Å². The van der Waals surface area contributed by atoms with Crippen molar-refractivity contribution in [3.05, 3.63) is 115 Å². The van der Waals surface area contributed by atoms with Crippen LogP contribution in [0.3, 0.4) is 0 Å². The molecule has 3 unspecified atom stereocenters. The zero-order valence-corrected chi connectivity index (χ0v) is 19.3. The van der Waals surface area contributed by atoms with Gasteiger partial charge in [0.15, 0.2) is 0 Å². The van der Waals surface area contributed by atoms with Gasteiger partial charge in [0, 0.05) is 18.5 Å². The van der Waals surface area contributed by atoms with Crippen LogP contribution in [-0.2, 0) is 4.79 Å². The quantitative estimate of drug-likeness (QED) is 0.580. The Bertz CT molecular complexity index is 1310. The lowest BCUT2D eigenvalue weighted by atomic mass is 9.86. The van der Waals surface area contributed by atoms with Crippen molar-refractivity contribution >= 4 is 23.3 Å². The van der Waals surface area contributed by atoms with Crippen molar-refractivity contribution in [2.24, 2.45) is 10.9 Å². The van der Waals surface area contributed by atoms with E-state index in [1.165, 1.54) is 0 Å². The summed E-state index contributed by atoms with van der Waals surface area (Å²) in [5.74, 6) is -0.373. The average Bonchev–Trinajstić information content (AvgIpc) is 3.01. The maximum atomic E-state index is 13.4. The third-order valence-corrected chi connectivity index (χ3v) is 6.32. The summed E-state index contributed by atoms with van der Waals surface area (Å²) in [5, 5.41) is 5.71. The molecule has 3 amide bonds. The summed E-state index contributed by atoms with van der Waals surface area (Å²) in [6.45, 7) is 0. The molecule has 1 heterocycles. The van der Waals surface area contributed by atoms with Gasteiger partial charge in [0.1, 0.15) is 0 Å². The Morgan fingerprint density at radius 1 is 0.829 bits per heavy atom. The van der Waals surface area contributed by atoms with E-state index >= 15 is 0 Å². The zero-order chi connectivity index (χ0) is 24.2. The van der Waals surface area contributed by atoms with Gasteiger partial charge in [-0.25, -0.2) is 4.79 Å². The first-order valence-corrected chi connectivity index (χ1v) is 11.6. The number of likely N-dealkylation sites (N-methyl/N-ethyl adjacent to an activating group) is 1. The molecular weight excluding hydrogens is 436 g/mol. The smallest absolute Gasteiger partial charge is 0.321 e. The Hall–Kier alpha value is -4.45. The number of carbonyl (C=O) groups is 2. The molecule has 3 aromatic carbocycles. The molecule has 0 saturated heterocycles. The van der Waals surface area contributed by atoms with Crippen LogP contribution in [0.1, 0.15) is 5.56 Å². The molecule has 35 heavy (non-hydrogen) atoms. The molecular formula is C29H26N4O2. The number of urea groups is 1. The molecule has 5 rings (SSSR count). The van der Waals surface area contributed by atoms with Crippen LogP contribution < -0.4 is 10.6 Å². The lowest BCUT2D eigenvalue weighted by molar-refractivity contribution is -0.132. The van der Waals surface area contributed by atoms with Crippen LogP contribution in [0.5, 0.6) is 0 Å². The summed E-state index contributed by atoms with van der Waals surface area (Å²) >= 11 is 0. The number of nitrogens with one attached hydrogen (secondary N) is 2. The highest BCUT2D eigenvalue weighted by atomic mass is 16.2. The van der Waals surface area contributed by atoms with Crippen molar-refractivity contribution in [1.29, 1.82) is 0 Å². The molecule has 0 fully saturated rings. The van der Waals surface area contributed by atoms with Crippen LogP contribution in [0.4, 0.5) is 10.5 Å². The number of hydrogen-bond acceptors (Lipinski definition) is 3. The fourth-order valence-corrected chi connectivity index (χ4v) is 4.55. The number of fused-ring (bicyclic) bond motifs is 1. The molecule has 174 valence electrons. The number of hydrogen-bond donors (Lipinski definition) is 2. The largest absolute Gasteiger partial charge is 0.335 e. The van der Waals surface area contributed by atoms with Crippen molar-refractivity contribution in [2.45, 2.75) is 12.2 Å². The highest BCUT2D eigenvalue weighted by Gasteiger charge is 2.38. The van der Waals surface area contributed by atoms with Crippen molar-refractivity contribution in [2.75, 3.05) is 12.4 Å². The standard InChI is InChI=1S/C29H26N4O2/c1-33-25-19-11-9-17-23(25)26(21-14-6-3-7-15-21)31-27(28(33)34)32-29(35)30-24-18-10-8-16-22(24)20-12-4-2-5-13-20/h2-19,23,25,27H,1H3,(H2,30,32,35). The summed E-state index contributed by atoms with van der Waals surface area (Å²) in [6, 6.07) is 26.5. The first-order chi connectivity index (χ1) is 17.1. The number of aliphatic imine (C=N–C) groups is 1. The Morgan fingerprint density at radius 3 is 2.20 bits per heavy atom. The van der Waals surface area contributed by atoms with E-state index in [1.54, 1.807) is 11.9 Å². The van der Waals surface area contributed by atoms with E-state index in [0.717, 1.165) is 22.4 Å². The highest BCUT2D eigenvalue weighted by molar-refractivity contribution is 6.07. The molecule has 6 nitrogen and oxygen atoms in total. The molecule has 1 aliphatic heterocycles. The van der Waals surface area contributed by atoms with Crippen molar-refractivity contribution in [3.8, 4) is 11.1 Å². The monoisotopic (exact) mass is 462 g/mol. The minimum atomic E-state index is -1.05. The molecule has 0 radical (unpaired) electrons. The van der Waals surface area contributed by atoms with Crippen molar-refractivity contribution in [1.82, 2.24) is 10.2 Å². The fraction of sp³-hybridized carbons (Fsp3) is 0.138. The van der Waals surface area contributed by atoms with Crippen LogP contribution in [0.15, 0.2) is 114 Å². The normalized spacial score (nSPS) is 21.1. The minimum Gasteiger partial charge on any atom is -0.335 e. The van der Waals surface area contributed by atoms with Gasteiger partial charge in [0.05, 0.1) is 17.4 Å². The molecule has 1 aliphatic carbocycles. The molecule has 0 saturated carbocycles. The summed E-state index contributed by atoms with van der Waals surface area (Å²) in [5.41, 5.74) is 4.22. The lowest BCUT2D eigenvalue weighted by Gasteiger charge is -2.31. The van der Waals surface area contributed by atoms with Gasteiger partial charge in [-0.05, 0) is 17.2 Å². The van der Waals surface area contributed by atoms with Gasteiger partial charge in [0.25, 0.3) is 5.91 Å². The summed E-state index contributed by atoms with van der Waals surface area (Å²) < 4.78 is 0. The van der Waals surface area contributed by atoms with Crippen LogP contribution in [0.2, 0.25) is 0 Å². The zero-order valence-electron chi connectivity index (χ0n) is 19.3. The van der Waals surface area contributed by atoms with Crippen LogP contribution in [-0.4, -0.2) is 41.8 Å². The number of para-hydroxylation sites is 1. The van der Waals surface area contributed by atoms with Gasteiger partial charge in [-0.2, -0.15) is 0 Å².